The summed E-state index contributed by atoms with van der Waals surface area (Å²) in [6, 6.07) is 0. The standard InChI is InChI=1S/C10H14N2OS/c13-8-9-2-1-4-12(6-9)7-10-11-3-5-14-10/h3,5,8-9H,1-2,4,6-7H2. The number of hydrogen-bond acceptors (Lipinski definition) is 4. The van der Waals surface area contributed by atoms with Gasteiger partial charge in [0.05, 0.1) is 6.54 Å². The molecule has 2 heterocycles. The molecule has 0 bridgehead atoms. The van der Waals surface area contributed by atoms with E-state index in [9.17, 15) is 4.79 Å². The first-order valence-electron chi connectivity index (χ1n) is 4.94. The van der Waals surface area contributed by atoms with Gasteiger partial charge in [-0.3, -0.25) is 4.90 Å². The number of thiazole rings is 1. The van der Waals surface area contributed by atoms with Gasteiger partial charge in [-0.1, -0.05) is 0 Å². The van der Waals surface area contributed by atoms with E-state index in [-0.39, 0.29) is 5.92 Å². The molecular weight excluding hydrogens is 196 g/mol. The van der Waals surface area contributed by atoms with Crippen LogP contribution in [0.1, 0.15) is 17.8 Å². The molecule has 1 saturated heterocycles. The van der Waals surface area contributed by atoms with E-state index in [0.717, 1.165) is 43.8 Å². The summed E-state index contributed by atoms with van der Waals surface area (Å²) in [4.78, 5) is 17.2. The van der Waals surface area contributed by atoms with Crippen molar-refractivity contribution in [3.63, 3.8) is 0 Å². The quantitative estimate of drug-likeness (QED) is 0.710. The molecule has 4 heteroatoms. The Morgan fingerprint density at radius 2 is 2.64 bits per heavy atom. The first-order valence-corrected chi connectivity index (χ1v) is 5.82. The smallest absolute Gasteiger partial charge is 0.124 e. The number of aldehydes is 1. The van der Waals surface area contributed by atoms with E-state index in [1.807, 2.05) is 11.6 Å². The number of piperidine rings is 1. The van der Waals surface area contributed by atoms with Crippen LogP contribution in [0.25, 0.3) is 0 Å². The van der Waals surface area contributed by atoms with Gasteiger partial charge in [0.25, 0.3) is 0 Å². The fourth-order valence-corrected chi connectivity index (χ4v) is 2.53. The lowest BCUT2D eigenvalue weighted by Gasteiger charge is -2.29. The number of likely N-dealkylation sites (tertiary alicyclic amines) is 1. The van der Waals surface area contributed by atoms with Crippen molar-refractivity contribution in [3.05, 3.63) is 16.6 Å². The van der Waals surface area contributed by atoms with Crippen molar-refractivity contribution < 1.29 is 4.79 Å². The molecule has 0 amide bonds. The Labute approximate surface area is 87.8 Å². The van der Waals surface area contributed by atoms with Crippen LogP contribution >= 0.6 is 11.3 Å². The lowest BCUT2D eigenvalue weighted by molar-refractivity contribution is -0.112. The molecular formula is C10H14N2OS. The fraction of sp³-hybridized carbons (Fsp3) is 0.600. The Morgan fingerprint density at radius 3 is 3.36 bits per heavy atom. The van der Waals surface area contributed by atoms with Crippen LogP contribution in [0.4, 0.5) is 0 Å². The summed E-state index contributed by atoms with van der Waals surface area (Å²) >= 11 is 1.68. The van der Waals surface area contributed by atoms with Crippen molar-refractivity contribution in [2.75, 3.05) is 13.1 Å². The fourth-order valence-electron chi connectivity index (χ4n) is 1.87. The number of hydrogen-bond donors (Lipinski definition) is 0. The second kappa shape index (κ2) is 4.66. The van der Waals surface area contributed by atoms with E-state index in [0.29, 0.717) is 0 Å². The average Bonchev–Trinajstić information content (AvgIpc) is 2.71. The van der Waals surface area contributed by atoms with Crippen LogP contribution < -0.4 is 0 Å². The minimum Gasteiger partial charge on any atom is -0.303 e. The molecule has 1 fully saturated rings. The van der Waals surface area contributed by atoms with Crippen molar-refractivity contribution in [1.82, 2.24) is 9.88 Å². The first kappa shape index (κ1) is 9.80. The Kier molecular flexibility index (Phi) is 3.26. The summed E-state index contributed by atoms with van der Waals surface area (Å²) in [5.41, 5.74) is 0. The highest BCUT2D eigenvalue weighted by Gasteiger charge is 2.19. The Bertz CT molecular complexity index is 286. The van der Waals surface area contributed by atoms with Crippen molar-refractivity contribution in [2.45, 2.75) is 19.4 Å². The van der Waals surface area contributed by atoms with Gasteiger partial charge >= 0.3 is 0 Å². The average molecular weight is 210 g/mol. The van der Waals surface area contributed by atoms with E-state index in [2.05, 4.69) is 9.88 Å². The molecule has 1 atom stereocenters. The van der Waals surface area contributed by atoms with E-state index < -0.39 is 0 Å². The molecule has 2 rings (SSSR count). The summed E-state index contributed by atoms with van der Waals surface area (Å²) in [6.07, 6.45) is 5.11. The zero-order chi connectivity index (χ0) is 9.80. The second-order valence-electron chi connectivity index (χ2n) is 3.70. The molecule has 1 unspecified atom stereocenters. The van der Waals surface area contributed by atoms with Gasteiger partial charge in [-0.05, 0) is 19.4 Å². The van der Waals surface area contributed by atoms with E-state index in [4.69, 9.17) is 0 Å². The molecule has 1 aromatic heterocycles. The third kappa shape index (κ3) is 2.39. The molecule has 0 aliphatic carbocycles. The highest BCUT2D eigenvalue weighted by Crippen LogP contribution is 2.17. The summed E-state index contributed by atoms with van der Waals surface area (Å²) in [5.74, 6) is 0.240. The molecule has 0 N–H and O–H groups in total. The maximum absolute atomic E-state index is 10.7. The maximum Gasteiger partial charge on any atom is 0.124 e. The highest BCUT2D eigenvalue weighted by atomic mass is 32.1. The summed E-state index contributed by atoms with van der Waals surface area (Å²) < 4.78 is 0. The molecule has 0 saturated carbocycles. The van der Waals surface area contributed by atoms with Crippen molar-refractivity contribution in [1.29, 1.82) is 0 Å². The minimum atomic E-state index is 0.240. The Balaban J connectivity index is 1.89. The Hall–Kier alpha value is -0.740. The number of carbonyl (C=O) groups is 1. The van der Waals surface area contributed by atoms with Crippen LogP contribution in [-0.4, -0.2) is 29.3 Å². The first-order chi connectivity index (χ1) is 6.88. The predicted octanol–water partition coefficient (Wildman–Crippen LogP) is 1.55. The van der Waals surface area contributed by atoms with Gasteiger partial charge in [-0.2, -0.15) is 0 Å². The van der Waals surface area contributed by atoms with Crippen molar-refractivity contribution >= 4 is 17.6 Å². The largest absolute Gasteiger partial charge is 0.303 e. The Morgan fingerprint density at radius 1 is 1.71 bits per heavy atom. The summed E-state index contributed by atoms with van der Waals surface area (Å²) in [7, 11) is 0. The van der Waals surface area contributed by atoms with E-state index >= 15 is 0 Å². The minimum absolute atomic E-state index is 0.240. The SMILES string of the molecule is O=CC1CCCN(Cc2nccs2)C1. The van der Waals surface area contributed by atoms with Crippen LogP contribution in [0.2, 0.25) is 0 Å². The second-order valence-corrected chi connectivity index (χ2v) is 4.68. The van der Waals surface area contributed by atoms with Gasteiger partial charge in [-0.15, -0.1) is 11.3 Å². The summed E-state index contributed by atoms with van der Waals surface area (Å²) in [5, 5.41) is 3.15. The molecule has 1 aromatic rings. The van der Waals surface area contributed by atoms with Crippen LogP contribution in [0.15, 0.2) is 11.6 Å². The zero-order valence-electron chi connectivity index (χ0n) is 8.06. The van der Waals surface area contributed by atoms with Crippen LogP contribution in [0, 0.1) is 5.92 Å². The lowest BCUT2D eigenvalue weighted by atomic mass is 10.00. The van der Waals surface area contributed by atoms with Gasteiger partial charge in [0.2, 0.25) is 0 Å². The topological polar surface area (TPSA) is 33.2 Å². The number of rotatable bonds is 3. The highest BCUT2D eigenvalue weighted by molar-refractivity contribution is 7.09. The molecule has 1 aliphatic heterocycles. The zero-order valence-corrected chi connectivity index (χ0v) is 8.87. The monoisotopic (exact) mass is 210 g/mol. The third-order valence-electron chi connectivity index (χ3n) is 2.58. The van der Waals surface area contributed by atoms with Crippen LogP contribution in [0.3, 0.4) is 0 Å². The third-order valence-corrected chi connectivity index (χ3v) is 3.34. The number of aromatic nitrogens is 1. The normalized spacial score (nSPS) is 23.6. The molecule has 76 valence electrons. The number of nitrogens with zero attached hydrogens (tertiary/aromatic N) is 2. The molecule has 0 radical (unpaired) electrons. The molecule has 0 aromatic carbocycles. The number of carbonyl (C=O) groups excluding carboxylic acids is 1. The van der Waals surface area contributed by atoms with Gasteiger partial charge in [0.15, 0.2) is 0 Å². The van der Waals surface area contributed by atoms with Gasteiger partial charge < -0.3 is 4.79 Å². The summed E-state index contributed by atoms with van der Waals surface area (Å²) in [6.45, 7) is 2.91. The molecule has 1 aliphatic rings. The van der Waals surface area contributed by atoms with Gasteiger partial charge in [0.1, 0.15) is 11.3 Å². The maximum atomic E-state index is 10.7. The molecule has 14 heavy (non-hydrogen) atoms. The van der Waals surface area contributed by atoms with Crippen LogP contribution in [-0.2, 0) is 11.3 Å². The molecule has 0 spiro atoms. The van der Waals surface area contributed by atoms with Crippen LogP contribution in [0.5, 0.6) is 0 Å². The van der Waals surface area contributed by atoms with Gasteiger partial charge in [0, 0.05) is 24.0 Å². The molecule has 3 nitrogen and oxygen atoms in total. The lowest BCUT2D eigenvalue weighted by Crippen LogP contribution is -2.35. The van der Waals surface area contributed by atoms with E-state index in [1.165, 1.54) is 0 Å². The van der Waals surface area contributed by atoms with Crippen molar-refractivity contribution in [3.8, 4) is 0 Å². The van der Waals surface area contributed by atoms with Crippen molar-refractivity contribution in [2.24, 2.45) is 5.92 Å². The van der Waals surface area contributed by atoms with Gasteiger partial charge in [-0.25, -0.2) is 4.98 Å². The van der Waals surface area contributed by atoms with E-state index in [1.54, 1.807) is 11.3 Å². The predicted molar refractivity (Wildman–Crippen MR) is 56.2 cm³/mol.